The van der Waals surface area contributed by atoms with Crippen molar-refractivity contribution >= 4 is 5.82 Å². The number of aryl methyl sites for hydroxylation is 1. The molecule has 1 rings (SSSR count). The fraction of sp³-hybridized carbons (Fsp3) is 0.500. The molecule has 0 fully saturated rings. The smallest absolute Gasteiger partial charge is 0.127 e. The first-order valence-electron chi connectivity index (χ1n) is 5.34. The summed E-state index contributed by atoms with van der Waals surface area (Å²) in [4.78, 5) is 4.29. The normalized spacial score (nSPS) is 11.9. The van der Waals surface area contributed by atoms with Crippen LogP contribution in [0.4, 0.5) is 5.82 Å². The number of pyridine rings is 1. The van der Waals surface area contributed by atoms with Crippen molar-refractivity contribution in [1.82, 2.24) is 4.98 Å². The van der Waals surface area contributed by atoms with Gasteiger partial charge >= 0.3 is 0 Å². The molecule has 1 aromatic rings. The number of nitrogens with zero attached hydrogens (tertiary/aromatic N) is 2. The molecule has 92 valence electrons. The summed E-state index contributed by atoms with van der Waals surface area (Å²) < 4.78 is 10.2. The van der Waals surface area contributed by atoms with Gasteiger partial charge < -0.3 is 14.8 Å². The highest BCUT2D eigenvalue weighted by molar-refractivity contribution is 5.44. The summed E-state index contributed by atoms with van der Waals surface area (Å²) in [6.45, 7) is 2.96. The molecule has 0 saturated carbocycles. The van der Waals surface area contributed by atoms with Crippen LogP contribution in [0.3, 0.4) is 0 Å². The summed E-state index contributed by atoms with van der Waals surface area (Å²) in [5, 5.41) is 12.0. The predicted octanol–water partition coefficient (Wildman–Crippen LogP) is 1.33. The molecule has 0 aliphatic carbocycles. The van der Waals surface area contributed by atoms with E-state index in [-0.39, 0.29) is 6.10 Å². The van der Waals surface area contributed by atoms with Crippen LogP contribution in [0.25, 0.3) is 0 Å². The first-order valence-corrected chi connectivity index (χ1v) is 5.34. The zero-order valence-electron chi connectivity index (χ0n) is 10.4. The second kappa shape index (κ2) is 6.84. The number of hydrogen-bond donors (Lipinski definition) is 1. The van der Waals surface area contributed by atoms with Crippen molar-refractivity contribution in [1.29, 1.82) is 5.26 Å². The predicted molar refractivity (Wildman–Crippen MR) is 64.9 cm³/mol. The quantitative estimate of drug-likeness (QED) is 0.805. The van der Waals surface area contributed by atoms with E-state index in [1.54, 1.807) is 26.4 Å². The van der Waals surface area contributed by atoms with Crippen molar-refractivity contribution in [2.45, 2.75) is 13.0 Å². The number of hydrogen-bond acceptors (Lipinski definition) is 5. The summed E-state index contributed by atoms with van der Waals surface area (Å²) >= 11 is 0. The third-order valence-corrected chi connectivity index (χ3v) is 2.28. The molecule has 0 amide bonds. The summed E-state index contributed by atoms with van der Waals surface area (Å²) in [7, 11) is 3.26. The van der Waals surface area contributed by atoms with E-state index in [9.17, 15) is 0 Å². The van der Waals surface area contributed by atoms with Gasteiger partial charge in [0, 0.05) is 26.5 Å². The number of anilines is 1. The Balaban J connectivity index is 2.62. The van der Waals surface area contributed by atoms with Crippen molar-refractivity contribution in [3.63, 3.8) is 0 Å². The van der Waals surface area contributed by atoms with Crippen LogP contribution in [-0.4, -0.2) is 38.5 Å². The lowest BCUT2D eigenvalue weighted by Gasteiger charge is -2.15. The molecule has 1 heterocycles. The zero-order valence-corrected chi connectivity index (χ0v) is 10.4. The fourth-order valence-corrected chi connectivity index (χ4v) is 1.44. The molecule has 0 aliphatic heterocycles. The highest BCUT2D eigenvalue weighted by Gasteiger charge is 2.07. The summed E-state index contributed by atoms with van der Waals surface area (Å²) in [5.41, 5.74) is 1.41. The highest BCUT2D eigenvalue weighted by Crippen LogP contribution is 2.09. The summed E-state index contributed by atoms with van der Waals surface area (Å²) in [6.07, 6.45) is -0.0344. The SMILES string of the molecule is COCC(CNc1cc(C#N)cc(C)n1)OC. The van der Waals surface area contributed by atoms with Gasteiger partial charge in [0.15, 0.2) is 0 Å². The average molecular weight is 235 g/mol. The van der Waals surface area contributed by atoms with Crippen LogP contribution in [-0.2, 0) is 9.47 Å². The maximum atomic E-state index is 8.84. The maximum Gasteiger partial charge on any atom is 0.127 e. The Kier molecular flexibility index (Phi) is 5.40. The molecule has 0 aromatic carbocycles. The van der Waals surface area contributed by atoms with Crippen molar-refractivity contribution in [3.8, 4) is 6.07 Å². The topological polar surface area (TPSA) is 67.2 Å². The molecule has 0 aliphatic rings. The Morgan fingerprint density at radius 2 is 2.24 bits per heavy atom. The van der Waals surface area contributed by atoms with Gasteiger partial charge in [-0.1, -0.05) is 0 Å². The van der Waals surface area contributed by atoms with Gasteiger partial charge in [0.2, 0.25) is 0 Å². The van der Waals surface area contributed by atoms with E-state index in [1.165, 1.54) is 0 Å². The molecule has 0 radical (unpaired) electrons. The molecule has 1 N–H and O–H groups in total. The molecule has 1 aromatic heterocycles. The fourth-order valence-electron chi connectivity index (χ4n) is 1.44. The van der Waals surface area contributed by atoms with Gasteiger partial charge in [0.25, 0.3) is 0 Å². The maximum absolute atomic E-state index is 8.84. The Morgan fingerprint density at radius 3 is 2.82 bits per heavy atom. The molecule has 0 spiro atoms. The van der Waals surface area contributed by atoms with Gasteiger partial charge in [-0.05, 0) is 19.1 Å². The van der Waals surface area contributed by atoms with E-state index >= 15 is 0 Å². The number of nitriles is 1. The zero-order chi connectivity index (χ0) is 12.7. The van der Waals surface area contributed by atoms with Crippen LogP contribution in [0.5, 0.6) is 0 Å². The highest BCUT2D eigenvalue weighted by atomic mass is 16.5. The minimum Gasteiger partial charge on any atom is -0.382 e. The van der Waals surface area contributed by atoms with Crippen LogP contribution in [0, 0.1) is 18.3 Å². The van der Waals surface area contributed by atoms with Crippen molar-refractivity contribution in [3.05, 3.63) is 23.4 Å². The first kappa shape index (κ1) is 13.4. The van der Waals surface area contributed by atoms with E-state index in [4.69, 9.17) is 14.7 Å². The second-order valence-electron chi connectivity index (χ2n) is 3.69. The molecule has 1 unspecified atom stereocenters. The summed E-state index contributed by atoms with van der Waals surface area (Å²) in [5.74, 6) is 0.680. The number of ether oxygens (including phenoxy) is 2. The largest absolute Gasteiger partial charge is 0.382 e. The van der Waals surface area contributed by atoms with Gasteiger partial charge in [-0.3, -0.25) is 0 Å². The average Bonchev–Trinajstić information content (AvgIpc) is 2.33. The van der Waals surface area contributed by atoms with E-state index in [1.807, 2.05) is 6.92 Å². The van der Waals surface area contributed by atoms with Crippen LogP contribution in [0.15, 0.2) is 12.1 Å². The van der Waals surface area contributed by atoms with Gasteiger partial charge in [0.05, 0.1) is 24.3 Å². The molecule has 0 saturated heterocycles. The minimum absolute atomic E-state index is 0.0344. The lowest BCUT2D eigenvalue weighted by molar-refractivity contribution is 0.0365. The number of aromatic nitrogens is 1. The third-order valence-electron chi connectivity index (χ3n) is 2.28. The van der Waals surface area contributed by atoms with Crippen LogP contribution < -0.4 is 5.32 Å². The molecule has 17 heavy (non-hydrogen) atoms. The number of nitrogens with one attached hydrogen (secondary N) is 1. The molecular weight excluding hydrogens is 218 g/mol. The second-order valence-corrected chi connectivity index (χ2v) is 3.69. The number of methoxy groups -OCH3 is 2. The van der Waals surface area contributed by atoms with Crippen molar-refractivity contribution < 1.29 is 9.47 Å². The Bertz CT molecular complexity index is 401. The monoisotopic (exact) mass is 235 g/mol. The molecule has 5 heteroatoms. The lowest BCUT2D eigenvalue weighted by atomic mass is 10.2. The van der Waals surface area contributed by atoms with Gasteiger partial charge in [-0.25, -0.2) is 4.98 Å². The molecule has 0 bridgehead atoms. The standard InChI is InChI=1S/C12H17N3O2/c1-9-4-10(6-13)5-12(15-9)14-7-11(17-3)8-16-2/h4-5,11H,7-8H2,1-3H3,(H,14,15). The molecule has 5 nitrogen and oxygen atoms in total. The third kappa shape index (κ3) is 4.39. The van der Waals surface area contributed by atoms with Gasteiger partial charge in [-0.2, -0.15) is 5.26 Å². The Morgan fingerprint density at radius 1 is 1.47 bits per heavy atom. The van der Waals surface area contributed by atoms with E-state index < -0.39 is 0 Å². The molecule has 1 atom stereocenters. The van der Waals surface area contributed by atoms with Crippen molar-refractivity contribution in [2.24, 2.45) is 0 Å². The van der Waals surface area contributed by atoms with E-state index in [0.717, 1.165) is 5.69 Å². The van der Waals surface area contributed by atoms with Crippen LogP contribution in [0.1, 0.15) is 11.3 Å². The van der Waals surface area contributed by atoms with Crippen LogP contribution in [0.2, 0.25) is 0 Å². The molecular formula is C12H17N3O2. The Labute approximate surface area is 101 Å². The first-order chi connectivity index (χ1) is 8.19. The van der Waals surface area contributed by atoms with Crippen LogP contribution >= 0.6 is 0 Å². The van der Waals surface area contributed by atoms with Gasteiger partial charge in [0.1, 0.15) is 5.82 Å². The lowest BCUT2D eigenvalue weighted by Crippen LogP contribution is -2.26. The van der Waals surface area contributed by atoms with Crippen molar-refractivity contribution in [2.75, 3.05) is 32.7 Å². The van der Waals surface area contributed by atoms with E-state index in [2.05, 4.69) is 16.4 Å². The Hall–Kier alpha value is -1.64. The van der Waals surface area contributed by atoms with Gasteiger partial charge in [-0.15, -0.1) is 0 Å². The number of rotatable bonds is 6. The van der Waals surface area contributed by atoms with E-state index in [0.29, 0.717) is 24.5 Å². The minimum atomic E-state index is -0.0344. The summed E-state index contributed by atoms with van der Waals surface area (Å²) in [6, 6.07) is 5.56.